The lowest BCUT2D eigenvalue weighted by atomic mass is 9.99. The third-order valence-corrected chi connectivity index (χ3v) is 5.32. The summed E-state index contributed by atoms with van der Waals surface area (Å²) in [6.45, 7) is 5.80. The maximum absolute atomic E-state index is 13.2. The van der Waals surface area contributed by atoms with Crippen molar-refractivity contribution >= 4 is 29.0 Å². The fourth-order valence-electron chi connectivity index (χ4n) is 3.93. The van der Waals surface area contributed by atoms with Crippen LogP contribution in [0.5, 0.6) is 0 Å². The Balaban J connectivity index is 1.72. The third-order valence-electron chi connectivity index (χ3n) is 5.32. The topological polar surface area (TPSA) is 106 Å². The quantitative estimate of drug-likeness (QED) is 0.710. The molecule has 8 nitrogen and oxygen atoms in total. The van der Waals surface area contributed by atoms with E-state index >= 15 is 0 Å². The van der Waals surface area contributed by atoms with E-state index in [2.05, 4.69) is 27.1 Å². The first-order valence-electron chi connectivity index (χ1n) is 9.74. The van der Waals surface area contributed by atoms with Crippen LogP contribution < -0.4 is 16.0 Å². The lowest BCUT2D eigenvalue weighted by molar-refractivity contribution is 0.0995. The van der Waals surface area contributed by atoms with E-state index in [4.69, 9.17) is 5.73 Å². The summed E-state index contributed by atoms with van der Waals surface area (Å²) in [5.41, 5.74) is 8.27. The molecule has 0 spiro atoms. The predicted octanol–water partition coefficient (Wildman–Crippen LogP) is 2.63. The van der Waals surface area contributed by atoms with Crippen LogP contribution in [0.15, 0.2) is 36.7 Å². The Morgan fingerprint density at radius 1 is 1.31 bits per heavy atom. The monoisotopic (exact) mass is 392 g/mol. The van der Waals surface area contributed by atoms with Gasteiger partial charge >= 0.3 is 0 Å². The van der Waals surface area contributed by atoms with Crippen LogP contribution in [0.25, 0.3) is 5.78 Å². The molecule has 1 fully saturated rings. The molecule has 0 saturated carbocycles. The number of primary amides is 1. The molecule has 1 aliphatic rings. The maximum Gasteiger partial charge on any atom is 0.274 e. The number of amides is 2. The number of piperidine rings is 1. The van der Waals surface area contributed by atoms with Gasteiger partial charge in [-0.1, -0.05) is 6.92 Å². The molecular formula is C21H24N6O2. The summed E-state index contributed by atoms with van der Waals surface area (Å²) in [6.07, 6.45) is 5.66. The van der Waals surface area contributed by atoms with Crippen LogP contribution in [0.1, 0.15) is 46.3 Å². The van der Waals surface area contributed by atoms with Gasteiger partial charge in [0.15, 0.2) is 0 Å². The van der Waals surface area contributed by atoms with Gasteiger partial charge < -0.3 is 16.0 Å². The number of carbonyl (C=O) groups is 2. The highest BCUT2D eigenvalue weighted by Gasteiger charge is 2.23. The number of nitrogens with one attached hydrogen (secondary N) is 1. The molecule has 8 heteroatoms. The smallest absolute Gasteiger partial charge is 0.274 e. The van der Waals surface area contributed by atoms with Gasteiger partial charge in [0.1, 0.15) is 5.69 Å². The Hall–Kier alpha value is -3.42. The summed E-state index contributed by atoms with van der Waals surface area (Å²) in [5, 5.41) is 2.98. The van der Waals surface area contributed by atoms with Crippen LogP contribution in [0, 0.1) is 12.8 Å². The summed E-state index contributed by atoms with van der Waals surface area (Å²) in [5.74, 6) is 0.187. The summed E-state index contributed by atoms with van der Waals surface area (Å²) < 4.78 is 1.66. The van der Waals surface area contributed by atoms with E-state index in [1.165, 1.54) is 6.42 Å². The predicted molar refractivity (Wildman–Crippen MR) is 111 cm³/mol. The first-order valence-corrected chi connectivity index (χ1v) is 9.74. The zero-order valence-corrected chi connectivity index (χ0v) is 16.6. The number of imidazole rings is 1. The first-order chi connectivity index (χ1) is 13.9. The minimum absolute atomic E-state index is 0.309. The number of aromatic nitrogens is 3. The average molecular weight is 392 g/mol. The Morgan fingerprint density at radius 2 is 2.14 bits per heavy atom. The molecule has 1 unspecified atom stereocenters. The van der Waals surface area contributed by atoms with Crippen molar-refractivity contribution in [3.63, 3.8) is 0 Å². The van der Waals surface area contributed by atoms with Gasteiger partial charge in [0.05, 0.1) is 17.1 Å². The van der Waals surface area contributed by atoms with Gasteiger partial charge in [0.2, 0.25) is 11.7 Å². The molecule has 2 amide bonds. The number of anilines is 2. The number of carbonyl (C=O) groups excluding carboxylic acids is 2. The van der Waals surface area contributed by atoms with Crippen molar-refractivity contribution in [2.24, 2.45) is 11.7 Å². The molecule has 150 valence electrons. The van der Waals surface area contributed by atoms with Crippen LogP contribution in [-0.2, 0) is 0 Å². The maximum atomic E-state index is 13.2. The third kappa shape index (κ3) is 3.65. The van der Waals surface area contributed by atoms with Crippen molar-refractivity contribution in [1.29, 1.82) is 0 Å². The van der Waals surface area contributed by atoms with Crippen molar-refractivity contribution in [1.82, 2.24) is 14.4 Å². The standard InChI is InChI=1S/C21H24N6O2/c1-13-5-3-9-26(12-13)17-7-6-15(19(22)28)11-16(17)25-20(29)18-14(2)24-21-23-8-4-10-27(18)21/h4,6-8,10-11,13H,3,5,9,12H2,1-2H3,(H2,22,28)(H,25,29). The van der Waals surface area contributed by atoms with Crippen molar-refractivity contribution in [3.05, 3.63) is 53.6 Å². The van der Waals surface area contributed by atoms with Gasteiger partial charge in [0.25, 0.3) is 5.91 Å². The molecule has 29 heavy (non-hydrogen) atoms. The normalized spacial score (nSPS) is 16.8. The van der Waals surface area contributed by atoms with Gasteiger partial charge in [-0.15, -0.1) is 0 Å². The van der Waals surface area contributed by atoms with E-state index in [1.54, 1.807) is 41.9 Å². The number of nitrogens with two attached hydrogens (primary N) is 1. The minimum Gasteiger partial charge on any atom is -0.370 e. The van der Waals surface area contributed by atoms with Gasteiger partial charge in [-0.3, -0.25) is 14.0 Å². The summed E-state index contributed by atoms with van der Waals surface area (Å²) in [4.78, 5) is 35.7. The molecule has 3 aromatic rings. The highest BCUT2D eigenvalue weighted by molar-refractivity contribution is 6.07. The largest absolute Gasteiger partial charge is 0.370 e. The van der Waals surface area contributed by atoms with E-state index in [0.717, 1.165) is 25.2 Å². The summed E-state index contributed by atoms with van der Waals surface area (Å²) >= 11 is 0. The van der Waals surface area contributed by atoms with Gasteiger partial charge in [-0.25, -0.2) is 9.97 Å². The van der Waals surface area contributed by atoms with Crippen molar-refractivity contribution in [2.75, 3.05) is 23.3 Å². The molecule has 0 aliphatic carbocycles. The van der Waals surface area contributed by atoms with Crippen LogP contribution in [0.3, 0.4) is 0 Å². The van der Waals surface area contributed by atoms with E-state index in [1.807, 2.05) is 6.07 Å². The molecular weight excluding hydrogens is 368 g/mol. The molecule has 1 aliphatic heterocycles. The fraction of sp³-hybridized carbons (Fsp3) is 0.333. The first kappa shape index (κ1) is 18.9. The van der Waals surface area contributed by atoms with E-state index in [9.17, 15) is 9.59 Å². The summed E-state index contributed by atoms with van der Waals surface area (Å²) in [7, 11) is 0. The van der Waals surface area contributed by atoms with Crippen LogP contribution >= 0.6 is 0 Å². The lowest BCUT2D eigenvalue weighted by Crippen LogP contribution is -2.35. The SMILES string of the molecule is Cc1nc2ncccn2c1C(=O)Nc1cc(C(N)=O)ccc1N1CCCC(C)C1. The lowest BCUT2D eigenvalue weighted by Gasteiger charge is -2.34. The number of fused-ring (bicyclic) bond motifs is 1. The summed E-state index contributed by atoms with van der Waals surface area (Å²) in [6, 6.07) is 6.96. The number of nitrogens with zero attached hydrogens (tertiary/aromatic N) is 4. The number of aryl methyl sites for hydroxylation is 1. The van der Waals surface area contributed by atoms with Crippen LogP contribution in [0.2, 0.25) is 0 Å². The van der Waals surface area contributed by atoms with E-state index in [-0.39, 0.29) is 5.91 Å². The van der Waals surface area contributed by atoms with Gasteiger partial charge in [0, 0.05) is 31.0 Å². The van der Waals surface area contributed by atoms with Crippen LogP contribution in [-0.4, -0.2) is 39.3 Å². The number of hydrogen-bond donors (Lipinski definition) is 2. The molecule has 3 N–H and O–H groups in total. The van der Waals surface area contributed by atoms with Crippen molar-refractivity contribution in [2.45, 2.75) is 26.7 Å². The van der Waals surface area contributed by atoms with E-state index < -0.39 is 5.91 Å². The molecule has 1 saturated heterocycles. The highest BCUT2D eigenvalue weighted by Crippen LogP contribution is 2.31. The highest BCUT2D eigenvalue weighted by atomic mass is 16.2. The van der Waals surface area contributed by atoms with E-state index in [0.29, 0.717) is 34.3 Å². The Kier molecular flexibility index (Phi) is 4.92. The minimum atomic E-state index is -0.533. The fourth-order valence-corrected chi connectivity index (χ4v) is 3.93. The van der Waals surface area contributed by atoms with Gasteiger partial charge in [-0.05, 0) is 49.9 Å². The zero-order chi connectivity index (χ0) is 20.5. The molecule has 2 aromatic heterocycles. The van der Waals surface area contributed by atoms with Gasteiger partial charge in [-0.2, -0.15) is 0 Å². The second kappa shape index (κ2) is 7.54. The Labute approximate surface area is 168 Å². The molecule has 3 heterocycles. The molecule has 0 radical (unpaired) electrons. The Bertz CT molecular complexity index is 1090. The Morgan fingerprint density at radius 3 is 2.90 bits per heavy atom. The average Bonchev–Trinajstić information content (AvgIpc) is 3.03. The van der Waals surface area contributed by atoms with Crippen molar-refractivity contribution in [3.8, 4) is 0 Å². The molecule has 1 atom stereocenters. The van der Waals surface area contributed by atoms with Crippen LogP contribution in [0.4, 0.5) is 11.4 Å². The molecule has 1 aromatic carbocycles. The molecule has 4 rings (SSSR count). The number of hydrogen-bond acceptors (Lipinski definition) is 5. The number of benzene rings is 1. The number of rotatable bonds is 4. The molecule has 0 bridgehead atoms. The zero-order valence-electron chi connectivity index (χ0n) is 16.6. The second-order valence-corrected chi connectivity index (χ2v) is 7.58. The second-order valence-electron chi connectivity index (χ2n) is 7.58. The van der Waals surface area contributed by atoms with Crippen molar-refractivity contribution < 1.29 is 9.59 Å².